The number of thiophene rings is 1. The molecule has 164 valence electrons. The van der Waals surface area contributed by atoms with Crippen molar-refractivity contribution >= 4 is 39.9 Å². The van der Waals surface area contributed by atoms with Crippen LogP contribution >= 0.6 is 23.1 Å². The summed E-state index contributed by atoms with van der Waals surface area (Å²) in [5, 5.41) is 7.17. The van der Waals surface area contributed by atoms with E-state index in [0.717, 1.165) is 16.4 Å². The van der Waals surface area contributed by atoms with E-state index in [1.54, 1.807) is 12.1 Å². The van der Waals surface area contributed by atoms with Crippen molar-refractivity contribution in [3.8, 4) is 0 Å². The van der Waals surface area contributed by atoms with Crippen LogP contribution in [0.5, 0.6) is 0 Å². The first kappa shape index (κ1) is 21.0. The summed E-state index contributed by atoms with van der Waals surface area (Å²) in [6.45, 7) is 4.81. The molecule has 0 fully saturated rings. The zero-order chi connectivity index (χ0) is 22.2. The summed E-state index contributed by atoms with van der Waals surface area (Å²) < 4.78 is 14.1. The predicted molar refractivity (Wildman–Crippen MR) is 129 cm³/mol. The standard InChI is InChI=1S/C24H23FN4OS2/c1-15(2)17-9-7-16(8-10-17)13-28-22(30)21-20(11-12-31-21)29-23(28)26-27-24(29)32-14-18-5-3-4-6-19(18)25/h3-12,15,23,26H,13-14H2,1-2H3. The molecule has 5 nitrogen and oxygen atoms in total. The van der Waals surface area contributed by atoms with E-state index >= 15 is 0 Å². The van der Waals surface area contributed by atoms with Crippen LogP contribution in [0, 0.1) is 5.82 Å². The number of hydrazone groups is 1. The first-order chi connectivity index (χ1) is 15.5. The van der Waals surface area contributed by atoms with E-state index < -0.39 is 6.29 Å². The largest absolute Gasteiger partial charge is 0.294 e. The van der Waals surface area contributed by atoms with Crippen LogP contribution in [0.2, 0.25) is 0 Å². The Morgan fingerprint density at radius 3 is 2.69 bits per heavy atom. The molecule has 1 N–H and O–H groups in total. The summed E-state index contributed by atoms with van der Waals surface area (Å²) in [6.07, 6.45) is -0.405. The van der Waals surface area contributed by atoms with E-state index in [1.165, 1.54) is 34.7 Å². The van der Waals surface area contributed by atoms with Crippen molar-refractivity contribution in [1.29, 1.82) is 0 Å². The maximum atomic E-state index is 14.1. The Labute approximate surface area is 194 Å². The number of nitrogens with one attached hydrogen (secondary N) is 1. The topological polar surface area (TPSA) is 47.9 Å². The summed E-state index contributed by atoms with van der Waals surface area (Å²) in [6, 6.07) is 17.1. The highest BCUT2D eigenvalue weighted by Crippen LogP contribution is 2.39. The minimum atomic E-state index is -0.405. The average Bonchev–Trinajstić information content (AvgIpc) is 3.43. The number of thioether (sulfide) groups is 1. The second-order valence-electron chi connectivity index (χ2n) is 8.11. The van der Waals surface area contributed by atoms with E-state index in [2.05, 4.69) is 48.6 Å². The summed E-state index contributed by atoms with van der Waals surface area (Å²) in [4.78, 5) is 17.8. The van der Waals surface area contributed by atoms with Gasteiger partial charge in [-0.3, -0.25) is 20.0 Å². The molecular formula is C24H23FN4OS2. The fraction of sp³-hybridized carbons (Fsp3) is 0.250. The van der Waals surface area contributed by atoms with Crippen LogP contribution in [0.25, 0.3) is 0 Å². The Kier molecular flexibility index (Phi) is 5.65. The van der Waals surface area contributed by atoms with Crippen LogP contribution in [0.15, 0.2) is 65.1 Å². The van der Waals surface area contributed by atoms with Gasteiger partial charge in [0.25, 0.3) is 5.91 Å². The van der Waals surface area contributed by atoms with Gasteiger partial charge in [0, 0.05) is 12.3 Å². The molecule has 0 saturated heterocycles. The van der Waals surface area contributed by atoms with Gasteiger partial charge in [0.1, 0.15) is 10.7 Å². The number of fused-ring (bicyclic) bond motifs is 3. The van der Waals surface area contributed by atoms with E-state index in [9.17, 15) is 9.18 Å². The first-order valence-corrected chi connectivity index (χ1v) is 12.4. The number of halogens is 1. The summed E-state index contributed by atoms with van der Waals surface area (Å²) in [5.41, 5.74) is 6.95. The van der Waals surface area contributed by atoms with Gasteiger partial charge in [0.15, 0.2) is 5.17 Å². The number of amides is 1. The summed E-state index contributed by atoms with van der Waals surface area (Å²) in [7, 11) is 0. The third-order valence-electron chi connectivity index (χ3n) is 5.69. The highest BCUT2D eigenvalue weighted by molar-refractivity contribution is 8.13. The second-order valence-corrected chi connectivity index (χ2v) is 9.97. The van der Waals surface area contributed by atoms with Gasteiger partial charge in [0.05, 0.1) is 5.69 Å². The maximum absolute atomic E-state index is 14.1. The number of benzene rings is 2. The van der Waals surface area contributed by atoms with Gasteiger partial charge in [-0.2, -0.15) is 5.10 Å². The van der Waals surface area contributed by atoms with E-state index in [0.29, 0.717) is 28.7 Å². The van der Waals surface area contributed by atoms with Gasteiger partial charge in [-0.1, -0.05) is 68.1 Å². The van der Waals surface area contributed by atoms with Crippen molar-refractivity contribution in [2.24, 2.45) is 5.10 Å². The van der Waals surface area contributed by atoms with Crippen molar-refractivity contribution in [1.82, 2.24) is 10.3 Å². The molecule has 5 rings (SSSR count). The molecule has 3 heterocycles. The Bertz CT molecular complexity index is 1170. The van der Waals surface area contributed by atoms with Crippen LogP contribution in [0.3, 0.4) is 0 Å². The highest BCUT2D eigenvalue weighted by Gasteiger charge is 2.43. The third-order valence-corrected chi connectivity index (χ3v) is 7.59. The first-order valence-electron chi connectivity index (χ1n) is 10.5. The molecule has 2 aliphatic rings. The fourth-order valence-electron chi connectivity index (χ4n) is 3.89. The van der Waals surface area contributed by atoms with Crippen molar-refractivity contribution in [3.63, 3.8) is 0 Å². The molecule has 2 aliphatic heterocycles. The number of nitrogens with zero attached hydrogens (tertiary/aromatic N) is 3. The molecule has 1 amide bonds. The Morgan fingerprint density at radius 1 is 1.16 bits per heavy atom. The molecule has 1 atom stereocenters. The van der Waals surface area contributed by atoms with Crippen LogP contribution in [0.1, 0.15) is 46.1 Å². The molecule has 0 aliphatic carbocycles. The van der Waals surface area contributed by atoms with Gasteiger partial charge in [0.2, 0.25) is 6.29 Å². The molecule has 0 bridgehead atoms. The SMILES string of the molecule is CC(C)c1ccc(CN2C(=O)c3sccc3N3C(SCc4ccccc4F)=NNC23)cc1. The van der Waals surface area contributed by atoms with E-state index in [1.807, 2.05) is 27.3 Å². The lowest BCUT2D eigenvalue weighted by molar-refractivity contribution is 0.0629. The molecular weight excluding hydrogens is 443 g/mol. The third kappa shape index (κ3) is 3.78. The van der Waals surface area contributed by atoms with Gasteiger partial charge in [-0.25, -0.2) is 4.39 Å². The molecule has 8 heteroatoms. The number of carbonyl (C=O) groups excluding carboxylic acids is 1. The van der Waals surface area contributed by atoms with Crippen molar-refractivity contribution < 1.29 is 9.18 Å². The summed E-state index contributed by atoms with van der Waals surface area (Å²) >= 11 is 2.90. The molecule has 0 saturated carbocycles. The lowest BCUT2D eigenvalue weighted by atomic mass is 10.0. The minimum absolute atomic E-state index is 0.00719. The van der Waals surface area contributed by atoms with E-state index in [4.69, 9.17) is 0 Å². The van der Waals surface area contributed by atoms with Crippen molar-refractivity contribution in [3.05, 3.63) is 87.4 Å². The number of rotatable bonds is 5. The van der Waals surface area contributed by atoms with Gasteiger partial charge < -0.3 is 0 Å². The number of amidine groups is 1. The highest BCUT2D eigenvalue weighted by atomic mass is 32.2. The maximum Gasteiger partial charge on any atom is 0.269 e. The van der Waals surface area contributed by atoms with Crippen LogP contribution in [-0.4, -0.2) is 22.3 Å². The lowest BCUT2D eigenvalue weighted by Crippen LogP contribution is -2.57. The number of hydrogen-bond acceptors (Lipinski definition) is 6. The zero-order valence-electron chi connectivity index (χ0n) is 17.8. The van der Waals surface area contributed by atoms with Crippen molar-refractivity contribution in [2.75, 3.05) is 4.90 Å². The number of anilines is 1. The van der Waals surface area contributed by atoms with Crippen LogP contribution < -0.4 is 10.3 Å². The smallest absolute Gasteiger partial charge is 0.269 e. The summed E-state index contributed by atoms with van der Waals surface area (Å²) in [5.74, 6) is 0.691. The van der Waals surface area contributed by atoms with Crippen LogP contribution in [0.4, 0.5) is 10.1 Å². The molecule has 32 heavy (non-hydrogen) atoms. The van der Waals surface area contributed by atoms with Crippen molar-refractivity contribution in [2.45, 2.75) is 38.4 Å². The number of hydrogen-bond donors (Lipinski definition) is 1. The molecule has 2 aromatic carbocycles. The molecule has 3 aromatic rings. The average molecular weight is 467 g/mol. The molecule has 0 spiro atoms. The van der Waals surface area contributed by atoms with Gasteiger partial charge in [-0.15, -0.1) is 11.3 Å². The van der Waals surface area contributed by atoms with E-state index in [-0.39, 0.29) is 11.7 Å². The molecule has 1 aromatic heterocycles. The molecule has 0 radical (unpaired) electrons. The molecule has 1 unspecified atom stereocenters. The van der Waals surface area contributed by atoms with Gasteiger partial charge in [-0.05, 0) is 40.1 Å². The second kappa shape index (κ2) is 8.60. The quantitative estimate of drug-likeness (QED) is 0.535. The predicted octanol–water partition coefficient (Wildman–Crippen LogP) is 5.56. The van der Waals surface area contributed by atoms with Crippen LogP contribution in [-0.2, 0) is 12.3 Å². The monoisotopic (exact) mass is 466 g/mol. The van der Waals surface area contributed by atoms with Gasteiger partial charge >= 0.3 is 0 Å². The minimum Gasteiger partial charge on any atom is -0.294 e. The fourth-order valence-corrected chi connectivity index (χ4v) is 5.70. The zero-order valence-corrected chi connectivity index (χ0v) is 19.4. The Balaban J connectivity index is 1.39. The Morgan fingerprint density at radius 2 is 1.94 bits per heavy atom. The lowest BCUT2D eigenvalue weighted by Gasteiger charge is -2.39. The normalized spacial score (nSPS) is 17.3. The Hall–Kier alpha value is -2.84. The number of carbonyl (C=O) groups is 1.